The Bertz CT molecular complexity index is 290. The average Bonchev–Trinajstić information content (AvgIpc) is 2.96. The third-order valence-electron chi connectivity index (χ3n) is 2.68. The van der Waals surface area contributed by atoms with Gasteiger partial charge in [0, 0.05) is 6.20 Å². The standard InChI is InChI=1S/C12H17NO2/c1-3-10(8-13-2)11(7-12(14)15)6-9-4-5-9/h3,8-9,11H,1-2,4-7H2,(H,14,15)/b10-8+. The Kier molecular flexibility index (Phi) is 4.28. The fraction of sp³-hybridized carbons (Fsp3) is 0.500. The Morgan fingerprint density at radius 1 is 1.60 bits per heavy atom. The van der Waals surface area contributed by atoms with Crippen LogP contribution in [0.4, 0.5) is 0 Å². The van der Waals surface area contributed by atoms with Crippen molar-refractivity contribution in [3.63, 3.8) is 0 Å². The zero-order chi connectivity index (χ0) is 11.3. The van der Waals surface area contributed by atoms with Crippen molar-refractivity contribution in [2.75, 3.05) is 0 Å². The molecule has 3 heteroatoms. The molecule has 1 fully saturated rings. The lowest BCUT2D eigenvalue weighted by Gasteiger charge is -2.14. The summed E-state index contributed by atoms with van der Waals surface area (Å²) in [5.74, 6) is -0.0297. The van der Waals surface area contributed by atoms with Gasteiger partial charge >= 0.3 is 5.97 Å². The molecule has 1 atom stereocenters. The van der Waals surface area contributed by atoms with E-state index in [2.05, 4.69) is 18.3 Å². The van der Waals surface area contributed by atoms with Gasteiger partial charge in [-0.1, -0.05) is 25.5 Å². The molecule has 82 valence electrons. The number of carboxylic acid groups (broad SMARTS) is 1. The molecule has 0 aromatic heterocycles. The normalized spacial score (nSPS) is 18.3. The lowest BCUT2D eigenvalue weighted by atomic mass is 9.90. The minimum atomic E-state index is -0.766. The summed E-state index contributed by atoms with van der Waals surface area (Å²) in [7, 11) is 0. The van der Waals surface area contributed by atoms with Crippen LogP contribution >= 0.6 is 0 Å². The first-order valence-corrected chi connectivity index (χ1v) is 5.17. The molecule has 3 nitrogen and oxygen atoms in total. The number of aliphatic imine (C=N–C) groups is 1. The molecule has 1 unspecified atom stereocenters. The maximum absolute atomic E-state index is 10.7. The predicted molar refractivity (Wildman–Crippen MR) is 60.9 cm³/mol. The molecule has 0 saturated heterocycles. The van der Waals surface area contributed by atoms with Gasteiger partial charge in [-0.2, -0.15) is 0 Å². The predicted octanol–water partition coefficient (Wildman–Crippen LogP) is 2.65. The molecule has 1 rings (SSSR count). The topological polar surface area (TPSA) is 49.7 Å². The van der Waals surface area contributed by atoms with Gasteiger partial charge in [0.2, 0.25) is 0 Å². The first-order valence-electron chi connectivity index (χ1n) is 5.17. The molecule has 0 spiro atoms. The van der Waals surface area contributed by atoms with Gasteiger partial charge in [0.1, 0.15) is 0 Å². The zero-order valence-electron chi connectivity index (χ0n) is 8.85. The van der Waals surface area contributed by atoms with Gasteiger partial charge < -0.3 is 5.11 Å². The van der Waals surface area contributed by atoms with E-state index in [4.69, 9.17) is 5.11 Å². The molecule has 0 aromatic carbocycles. The van der Waals surface area contributed by atoms with E-state index in [1.165, 1.54) is 12.8 Å². The maximum atomic E-state index is 10.7. The lowest BCUT2D eigenvalue weighted by Crippen LogP contribution is -2.10. The van der Waals surface area contributed by atoms with Gasteiger partial charge in [0.15, 0.2) is 0 Å². The van der Waals surface area contributed by atoms with Gasteiger partial charge in [0.05, 0.1) is 6.42 Å². The molecular formula is C12H17NO2. The number of carbonyl (C=O) groups is 1. The number of carboxylic acids is 1. The highest BCUT2D eigenvalue weighted by Gasteiger charge is 2.27. The van der Waals surface area contributed by atoms with Crippen molar-refractivity contribution < 1.29 is 9.90 Å². The van der Waals surface area contributed by atoms with Crippen molar-refractivity contribution >= 4 is 12.7 Å². The van der Waals surface area contributed by atoms with E-state index < -0.39 is 5.97 Å². The number of hydrogen-bond donors (Lipinski definition) is 1. The Balaban J connectivity index is 2.66. The molecule has 0 radical (unpaired) electrons. The van der Waals surface area contributed by atoms with Crippen molar-refractivity contribution in [3.8, 4) is 0 Å². The van der Waals surface area contributed by atoms with Crippen LogP contribution in [0, 0.1) is 11.8 Å². The van der Waals surface area contributed by atoms with Crippen LogP contribution in [0.25, 0.3) is 0 Å². The van der Waals surface area contributed by atoms with Crippen LogP contribution in [0.15, 0.2) is 29.4 Å². The maximum Gasteiger partial charge on any atom is 0.303 e. The van der Waals surface area contributed by atoms with E-state index >= 15 is 0 Å². The van der Waals surface area contributed by atoms with Crippen LogP contribution in [0.3, 0.4) is 0 Å². The Morgan fingerprint density at radius 3 is 2.67 bits per heavy atom. The van der Waals surface area contributed by atoms with Gasteiger partial charge in [0.25, 0.3) is 0 Å². The first-order chi connectivity index (χ1) is 7.17. The van der Waals surface area contributed by atoms with Gasteiger partial charge in [-0.15, -0.1) is 0 Å². The number of hydrogen-bond acceptors (Lipinski definition) is 2. The summed E-state index contributed by atoms with van der Waals surface area (Å²) >= 11 is 0. The number of rotatable bonds is 7. The van der Waals surface area contributed by atoms with Crippen molar-refractivity contribution in [2.24, 2.45) is 16.8 Å². The van der Waals surface area contributed by atoms with Crippen molar-refractivity contribution in [1.82, 2.24) is 0 Å². The average molecular weight is 207 g/mol. The van der Waals surface area contributed by atoms with Crippen LogP contribution in [-0.2, 0) is 4.79 Å². The summed E-state index contributed by atoms with van der Waals surface area (Å²) in [6.45, 7) is 7.07. The van der Waals surface area contributed by atoms with Crippen LogP contribution in [0.5, 0.6) is 0 Å². The molecule has 15 heavy (non-hydrogen) atoms. The highest BCUT2D eigenvalue weighted by atomic mass is 16.4. The molecule has 0 bridgehead atoms. The second-order valence-electron chi connectivity index (χ2n) is 3.99. The summed E-state index contributed by atoms with van der Waals surface area (Å²) in [4.78, 5) is 14.4. The summed E-state index contributed by atoms with van der Waals surface area (Å²) in [5, 5.41) is 8.82. The molecule has 1 aliphatic carbocycles. The van der Waals surface area contributed by atoms with E-state index in [1.807, 2.05) is 0 Å². The minimum Gasteiger partial charge on any atom is -0.481 e. The molecule has 0 aliphatic heterocycles. The SMILES string of the molecule is C=C/C(=C\N=C)C(CC(=O)O)CC1CC1. The van der Waals surface area contributed by atoms with Gasteiger partial charge in [-0.05, 0) is 30.5 Å². The van der Waals surface area contributed by atoms with Gasteiger partial charge in [-0.3, -0.25) is 9.79 Å². The van der Waals surface area contributed by atoms with Crippen molar-refractivity contribution in [2.45, 2.75) is 25.7 Å². The monoisotopic (exact) mass is 207 g/mol. The van der Waals surface area contributed by atoms with E-state index in [0.717, 1.165) is 12.0 Å². The number of aliphatic carboxylic acids is 1. The molecule has 1 N–H and O–H groups in total. The molecule has 1 saturated carbocycles. The summed E-state index contributed by atoms with van der Waals surface area (Å²) in [5.41, 5.74) is 0.888. The summed E-state index contributed by atoms with van der Waals surface area (Å²) < 4.78 is 0. The van der Waals surface area contributed by atoms with Crippen LogP contribution in [0.1, 0.15) is 25.7 Å². The Hall–Kier alpha value is -1.38. The quantitative estimate of drug-likeness (QED) is 0.515. The van der Waals surface area contributed by atoms with Crippen molar-refractivity contribution in [3.05, 3.63) is 24.4 Å². The number of allylic oxidation sites excluding steroid dienone is 2. The smallest absolute Gasteiger partial charge is 0.303 e. The lowest BCUT2D eigenvalue weighted by molar-refractivity contribution is -0.137. The Morgan fingerprint density at radius 2 is 2.27 bits per heavy atom. The second-order valence-corrected chi connectivity index (χ2v) is 3.99. The van der Waals surface area contributed by atoms with E-state index in [1.54, 1.807) is 12.3 Å². The molecular weight excluding hydrogens is 190 g/mol. The van der Waals surface area contributed by atoms with Crippen molar-refractivity contribution in [1.29, 1.82) is 0 Å². The largest absolute Gasteiger partial charge is 0.481 e. The third kappa shape index (κ3) is 4.11. The molecule has 0 amide bonds. The van der Waals surface area contributed by atoms with Crippen LogP contribution in [0.2, 0.25) is 0 Å². The molecule has 0 heterocycles. The first kappa shape index (κ1) is 11.7. The Labute approximate surface area is 90.2 Å². The third-order valence-corrected chi connectivity index (χ3v) is 2.68. The second kappa shape index (κ2) is 5.49. The van der Waals surface area contributed by atoms with E-state index in [-0.39, 0.29) is 12.3 Å². The van der Waals surface area contributed by atoms with Crippen LogP contribution < -0.4 is 0 Å². The highest BCUT2D eigenvalue weighted by Crippen LogP contribution is 2.38. The van der Waals surface area contributed by atoms with E-state index in [0.29, 0.717) is 5.92 Å². The fourth-order valence-corrected chi connectivity index (χ4v) is 1.73. The van der Waals surface area contributed by atoms with Gasteiger partial charge in [-0.25, -0.2) is 0 Å². The summed E-state index contributed by atoms with van der Waals surface area (Å²) in [6, 6.07) is 0. The van der Waals surface area contributed by atoms with Crippen LogP contribution in [-0.4, -0.2) is 17.8 Å². The zero-order valence-corrected chi connectivity index (χ0v) is 8.85. The summed E-state index contributed by atoms with van der Waals surface area (Å²) in [6.07, 6.45) is 6.83. The molecule has 1 aliphatic rings. The minimum absolute atomic E-state index is 0.0398. The number of nitrogens with zero attached hydrogens (tertiary/aromatic N) is 1. The van der Waals surface area contributed by atoms with E-state index in [9.17, 15) is 4.79 Å². The fourth-order valence-electron chi connectivity index (χ4n) is 1.73. The highest BCUT2D eigenvalue weighted by molar-refractivity contribution is 5.67. The molecule has 0 aromatic rings.